The van der Waals surface area contributed by atoms with E-state index < -0.39 is 421 Å². The van der Waals surface area contributed by atoms with Crippen molar-refractivity contribution in [3.05, 3.63) is 0 Å². The van der Waals surface area contributed by atoms with Crippen LogP contribution >= 0.6 is 0 Å². The third-order valence-corrected chi connectivity index (χ3v) is 24.2. The van der Waals surface area contributed by atoms with E-state index in [9.17, 15) is 167 Å². The van der Waals surface area contributed by atoms with Crippen molar-refractivity contribution in [2.75, 3.05) is 66.1 Å². The number of hydrogen-bond acceptors (Lipinski definition) is 54. The maximum Gasteiger partial charge on any atom is 0.217 e. The van der Waals surface area contributed by atoms with Gasteiger partial charge in [-0.05, 0) is 6.92 Å². The molecule has 11 saturated heterocycles. The summed E-state index contributed by atoms with van der Waals surface area (Å²) in [5.41, 5.74) is 0. The number of carbonyl (C=O) groups is 4. The SMILES string of the molecule is CC(=O)N[C@H]1[C@H](O[C@H]2[C@H](O[C@@H]3O[C@@H](C)[C@@H](O)[C@@H](O)[C@@H]3O)[C@@H](NC(C)=O)C(O)O[C@@H]2CO)O[C@H](CO)[C@@H](O[C@@H]2O[C@H](CO[C@H]3O[C@H](CO)[C@@H](O[C@@H]4O[C@H](CO)[C@@H](O)[C@H](O[C@@H]5O[C@H](CO)[C@H](O)[C@H](O)[C@H]5O)[C@H]4NC(C)=O)[C@H](O)[C@@H]3O)[C@@H](O)[C@H](O[C@H]3O[C@H](CO)[C@@H](O[C@@H]4O[C@H](CO)[C@@H](O)[C@H](O[C@@H]5O[C@H](CO)[C@H](O)[C@H](O)[C@H]5O)[C@H]4NC(C)=O)[C@H](O)[C@@H]3O)[C@@H]2O[C@@H]2OC[C@@H](O)[C@H](O)[C@H]2O)[C@@H]1O. The molecule has 11 heterocycles. The van der Waals surface area contributed by atoms with Gasteiger partial charge in [0.25, 0.3) is 0 Å². The molecule has 11 aliphatic heterocycles. The Hall–Kier alpha value is -4.12. The van der Waals surface area contributed by atoms with Gasteiger partial charge in [-0.2, -0.15) is 0 Å². The molecular formula is C73H122N4O54. The van der Waals surface area contributed by atoms with E-state index in [2.05, 4.69) is 21.3 Å². The Balaban J connectivity index is 0.936. The van der Waals surface area contributed by atoms with Gasteiger partial charge in [0.1, 0.15) is 256 Å². The molecule has 11 rings (SSSR count). The van der Waals surface area contributed by atoms with E-state index in [1.165, 1.54) is 6.92 Å². The van der Waals surface area contributed by atoms with Crippen molar-refractivity contribution in [1.82, 2.24) is 21.3 Å². The Bertz CT molecular complexity index is 3570. The van der Waals surface area contributed by atoms with Crippen LogP contribution in [-0.2, 0) is 119 Å². The number of amides is 4. The van der Waals surface area contributed by atoms with Gasteiger partial charge < -0.3 is 269 Å². The van der Waals surface area contributed by atoms with Crippen LogP contribution in [-0.4, -0.2) is 569 Å². The molecule has 4 amide bonds. The minimum atomic E-state index is -2.62. The normalized spacial score (nSPS) is 50.1. The zero-order chi connectivity index (χ0) is 96.2. The molecule has 11 aliphatic rings. The maximum absolute atomic E-state index is 13.5. The summed E-state index contributed by atoms with van der Waals surface area (Å²) in [5, 5.41) is 334. The highest BCUT2D eigenvalue weighted by Gasteiger charge is 2.63. The Morgan fingerprint density at radius 1 is 0.244 bits per heavy atom. The van der Waals surface area contributed by atoms with E-state index in [1.807, 2.05) is 0 Å². The van der Waals surface area contributed by atoms with Crippen LogP contribution in [0.1, 0.15) is 34.6 Å². The van der Waals surface area contributed by atoms with E-state index in [0.717, 1.165) is 27.7 Å². The van der Waals surface area contributed by atoms with Crippen LogP contribution in [0.25, 0.3) is 0 Å². The lowest BCUT2D eigenvalue weighted by atomic mass is 9.93. The highest BCUT2D eigenvalue weighted by atomic mass is 16.8. The first-order chi connectivity index (χ1) is 62.0. The van der Waals surface area contributed by atoms with Gasteiger partial charge in [0.15, 0.2) is 69.2 Å². The predicted octanol–water partition coefficient (Wildman–Crippen LogP) is -22.7. The van der Waals surface area contributed by atoms with Crippen LogP contribution in [0.2, 0.25) is 0 Å². The first-order valence-electron chi connectivity index (χ1n) is 41.9. The van der Waals surface area contributed by atoms with E-state index >= 15 is 0 Å². The third kappa shape index (κ3) is 23.6. The average molecular weight is 1920 g/mol. The molecule has 0 spiro atoms. The molecule has 0 bridgehead atoms. The predicted molar refractivity (Wildman–Crippen MR) is 401 cm³/mol. The summed E-state index contributed by atoms with van der Waals surface area (Å²) in [5.74, 6) is -3.79. The van der Waals surface area contributed by atoms with Crippen molar-refractivity contribution in [3.63, 3.8) is 0 Å². The number of ether oxygens (including phenoxy) is 21. The molecule has 54 atom stereocenters. The van der Waals surface area contributed by atoms with Crippen molar-refractivity contribution < 1.29 is 267 Å². The zero-order valence-corrected chi connectivity index (χ0v) is 70.4. The Labute approximate surface area is 741 Å². The molecule has 0 saturated carbocycles. The summed E-state index contributed by atoms with van der Waals surface area (Å²) in [7, 11) is 0. The fourth-order valence-electron chi connectivity index (χ4n) is 17.1. The van der Waals surface area contributed by atoms with Crippen LogP contribution in [0.15, 0.2) is 0 Å². The van der Waals surface area contributed by atoms with Crippen molar-refractivity contribution >= 4 is 23.6 Å². The maximum atomic E-state index is 13.5. The molecule has 11 fully saturated rings. The number of rotatable bonds is 33. The van der Waals surface area contributed by atoms with Gasteiger partial charge >= 0.3 is 0 Å². The molecule has 0 aromatic rings. The lowest BCUT2D eigenvalue weighted by Crippen LogP contribution is -2.71. The fourth-order valence-corrected chi connectivity index (χ4v) is 17.1. The van der Waals surface area contributed by atoms with Crippen LogP contribution in [0, 0.1) is 0 Å². The van der Waals surface area contributed by atoms with Gasteiger partial charge in [0.2, 0.25) is 23.6 Å². The highest BCUT2D eigenvalue weighted by molar-refractivity contribution is 5.74. The van der Waals surface area contributed by atoms with Gasteiger partial charge in [-0.25, -0.2) is 0 Å². The minimum absolute atomic E-state index is 0.882. The summed E-state index contributed by atoms with van der Waals surface area (Å²) in [6.07, 6.45) is -106. The lowest BCUT2D eigenvalue weighted by Gasteiger charge is -2.52. The number of nitrogens with one attached hydrogen (secondary N) is 4. The summed E-state index contributed by atoms with van der Waals surface area (Å²) in [6, 6.07) is -7.64. The quantitative estimate of drug-likeness (QED) is 0.0290. The lowest BCUT2D eigenvalue weighted by molar-refractivity contribution is -0.408. The summed E-state index contributed by atoms with van der Waals surface area (Å²) >= 11 is 0. The molecular weight excluding hydrogens is 1800 g/mol. The van der Waals surface area contributed by atoms with Crippen LogP contribution in [0.5, 0.6) is 0 Å². The molecule has 758 valence electrons. The standard InChI is InChI=1S/C73H122N4O54/c1-16-35(91)43(99)49(105)69(113-16)129-60-32(75-18(3)87)63(110)114-29(13-85)57(60)126-64-31(74-17(2)86)42(98)54(26(10-82)119-64)125-73-62(131-68-48(104)36(92)21(90)14-111-68)61(130-72-53(109)47(103)56(28(12-84)121-72)124-66-34(77-20(5)89)59(40(96)25(9-81)116-66)128-71-51(107)45(101)38(94)23(7-79)118-71)41(97)30(122-73)15-112-67-52(108)46(102)55(27(11-83)120-67)123-65-33(76-19(4)88)58(39(95)24(8-80)115-65)127-70-50(106)44(100)37(93)22(6-78)117-70/h16,21-73,78-85,90-110H,6-15H2,1-5H3,(H,74,86)(H,75,87)(H,76,88)(H,77,89)/t16-,21+,22+,23+,24+,25+,26+,27+,28+,29+,30+,31+,32+,33+,34+,35+,36-,37-,38-,39+,40+,41+,42+,43+,44-,45-,46+,47+,48+,49-,50+,51+,52-,53-,54+,55+,56+,57+,58+,59+,60+,61-,62-,63?,64-,65-,66-,67-,68-,69-,70-,71-,72+,73-/m0/s1. The van der Waals surface area contributed by atoms with Gasteiger partial charge in [-0.1, -0.05) is 0 Å². The van der Waals surface area contributed by atoms with Crippen molar-refractivity contribution in [2.45, 2.75) is 366 Å². The third-order valence-electron chi connectivity index (χ3n) is 24.2. The van der Waals surface area contributed by atoms with Crippen molar-refractivity contribution in [1.29, 1.82) is 0 Å². The second kappa shape index (κ2) is 46.8. The molecule has 0 aromatic carbocycles. The smallest absolute Gasteiger partial charge is 0.217 e. The van der Waals surface area contributed by atoms with Crippen LogP contribution in [0.4, 0.5) is 0 Å². The molecule has 1 unspecified atom stereocenters. The van der Waals surface area contributed by atoms with Crippen LogP contribution < -0.4 is 21.3 Å². The summed E-state index contributed by atoms with van der Waals surface area (Å²) < 4.78 is 126. The first-order valence-corrected chi connectivity index (χ1v) is 41.9. The van der Waals surface area contributed by atoms with Crippen molar-refractivity contribution in [2.24, 2.45) is 0 Å². The first kappa shape index (κ1) is 107. The largest absolute Gasteiger partial charge is 0.394 e. The van der Waals surface area contributed by atoms with E-state index in [-0.39, 0.29) is 0 Å². The topological polar surface area (TPSA) is 897 Å². The zero-order valence-electron chi connectivity index (χ0n) is 70.4. The minimum Gasteiger partial charge on any atom is -0.394 e. The number of aliphatic hydroxyl groups is 29. The number of aliphatic hydroxyl groups excluding tert-OH is 29. The monoisotopic (exact) mass is 1920 g/mol. The number of carbonyl (C=O) groups excluding carboxylic acids is 4. The van der Waals surface area contributed by atoms with Crippen molar-refractivity contribution in [3.8, 4) is 0 Å². The number of hydrogen-bond donors (Lipinski definition) is 33. The van der Waals surface area contributed by atoms with E-state index in [4.69, 9.17) is 99.5 Å². The van der Waals surface area contributed by atoms with E-state index in [1.54, 1.807) is 0 Å². The molecule has 131 heavy (non-hydrogen) atoms. The molecule has 58 nitrogen and oxygen atoms in total. The van der Waals surface area contributed by atoms with Gasteiger partial charge in [-0.3, -0.25) is 19.2 Å². The summed E-state index contributed by atoms with van der Waals surface area (Å²) in [6.45, 7) is -6.27. The second-order valence-corrected chi connectivity index (χ2v) is 33.3. The molecule has 58 heteroatoms. The Morgan fingerprint density at radius 3 is 1.00 bits per heavy atom. The second-order valence-electron chi connectivity index (χ2n) is 33.3. The average Bonchev–Trinajstić information content (AvgIpc) is 0.741. The molecule has 33 N–H and O–H groups in total. The van der Waals surface area contributed by atoms with Gasteiger partial charge in [-0.15, -0.1) is 0 Å². The molecule has 0 aliphatic carbocycles. The highest BCUT2D eigenvalue weighted by Crippen LogP contribution is 2.42. The van der Waals surface area contributed by atoms with E-state index in [0.29, 0.717) is 0 Å². The fraction of sp³-hybridized carbons (Fsp3) is 0.945. The van der Waals surface area contributed by atoms with Gasteiger partial charge in [0.05, 0.1) is 72.2 Å². The molecule has 0 aromatic heterocycles. The molecule has 0 radical (unpaired) electrons. The summed E-state index contributed by atoms with van der Waals surface area (Å²) in [4.78, 5) is 52.2. The van der Waals surface area contributed by atoms with Gasteiger partial charge in [0, 0.05) is 27.7 Å². The Kier molecular flexibility index (Phi) is 38.3. The Morgan fingerprint density at radius 2 is 0.542 bits per heavy atom. The van der Waals surface area contributed by atoms with Crippen LogP contribution in [0.3, 0.4) is 0 Å².